The highest BCUT2D eigenvalue weighted by molar-refractivity contribution is 5.96. The maximum Gasteiger partial charge on any atom is 0.336 e. The SMILES string of the molecule is CCCc1nc2c(C)cc(N(C)CC(N)=O)cc2n1Cc1ccc(-c2ccccc2C(=O)O)cc1. The molecule has 4 rings (SSSR count). The molecular weight excluding hydrogens is 440 g/mol. The summed E-state index contributed by atoms with van der Waals surface area (Å²) in [5.41, 5.74) is 12.3. The number of aromatic nitrogens is 2. The molecule has 35 heavy (non-hydrogen) atoms. The van der Waals surface area contributed by atoms with Gasteiger partial charge in [-0.15, -0.1) is 0 Å². The van der Waals surface area contributed by atoms with Crippen LogP contribution in [0.2, 0.25) is 0 Å². The van der Waals surface area contributed by atoms with Crippen LogP contribution in [0.5, 0.6) is 0 Å². The van der Waals surface area contributed by atoms with Gasteiger partial charge in [0.05, 0.1) is 23.1 Å². The van der Waals surface area contributed by atoms with Gasteiger partial charge in [0.25, 0.3) is 0 Å². The minimum atomic E-state index is -0.939. The number of fused-ring (bicyclic) bond motifs is 1. The Hall–Kier alpha value is -4.13. The Morgan fingerprint density at radius 2 is 1.80 bits per heavy atom. The number of hydrogen-bond donors (Lipinski definition) is 2. The zero-order valence-electron chi connectivity index (χ0n) is 20.3. The molecule has 0 aliphatic carbocycles. The van der Waals surface area contributed by atoms with E-state index in [2.05, 4.69) is 17.6 Å². The van der Waals surface area contributed by atoms with Crippen LogP contribution in [0.1, 0.15) is 40.7 Å². The number of likely N-dealkylation sites (N-methyl/N-ethyl adjacent to an activating group) is 1. The molecule has 7 heteroatoms. The monoisotopic (exact) mass is 470 g/mol. The molecule has 0 aliphatic heterocycles. The lowest BCUT2D eigenvalue weighted by Gasteiger charge is -2.19. The number of carboxylic acids is 1. The fourth-order valence-electron chi connectivity index (χ4n) is 4.45. The molecule has 0 unspecified atom stereocenters. The van der Waals surface area contributed by atoms with E-state index in [4.69, 9.17) is 10.7 Å². The molecule has 0 atom stereocenters. The second-order valence-electron chi connectivity index (χ2n) is 8.86. The van der Waals surface area contributed by atoms with Crippen molar-refractivity contribution >= 4 is 28.6 Å². The van der Waals surface area contributed by atoms with Crippen molar-refractivity contribution in [2.45, 2.75) is 33.2 Å². The van der Waals surface area contributed by atoms with Gasteiger partial charge in [0.15, 0.2) is 0 Å². The topological polar surface area (TPSA) is 101 Å². The lowest BCUT2D eigenvalue weighted by molar-refractivity contribution is -0.116. The van der Waals surface area contributed by atoms with Gasteiger partial charge in [-0.25, -0.2) is 9.78 Å². The fraction of sp³-hybridized carbons (Fsp3) is 0.250. The lowest BCUT2D eigenvalue weighted by Crippen LogP contribution is -2.30. The standard InChI is InChI=1S/C28H30N4O3/c1-4-7-26-30-27-18(2)14-21(31(3)17-25(29)33)15-24(27)32(26)16-19-10-12-20(13-11-19)22-8-5-6-9-23(22)28(34)35/h5-6,8-15H,4,7,16-17H2,1-3H3,(H2,29,33)(H,34,35). The first-order chi connectivity index (χ1) is 16.8. The van der Waals surface area contributed by atoms with Gasteiger partial charge < -0.3 is 20.3 Å². The van der Waals surface area contributed by atoms with Crippen LogP contribution in [-0.2, 0) is 17.8 Å². The zero-order chi connectivity index (χ0) is 25.1. The lowest BCUT2D eigenvalue weighted by atomic mass is 9.99. The summed E-state index contributed by atoms with van der Waals surface area (Å²) in [5.74, 6) is -0.304. The third-order valence-electron chi connectivity index (χ3n) is 6.18. The minimum absolute atomic E-state index is 0.139. The number of nitrogens with zero attached hydrogens (tertiary/aromatic N) is 3. The predicted octanol–water partition coefficient (Wildman–Crippen LogP) is 4.63. The van der Waals surface area contributed by atoms with Crippen molar-refractivity contribution in [3.8, 4) is 11.1 Å². The highest BCUT2D eigenvalue weighted by Crippen LogP contribution is 2.29. The van der Waals surface area contributed by atoms with Crippen LogP contribution in [0.3, 0.4) is 0 Å². The van der Waals surface area contributed by atoms with Gasteiger partial charge in [0.2, 0.25) is 5.91 Å². The summed E-state index contributed by atoms with van der Waals surface area (Å²) in [7, 11) is 1.85. The molecule has 0 aliphatic rings. The van der Waals surface area contributed by atoms with E-state index in [-0.39, 0.29) is 18.0 Å². The Balaban J connectivity index is 1.72. The number of rotatable bonds is 9. The van der Waals surface area contributed by atoms with Crippen molar-refractivity contribution in [1.29, 1.82) is 0 Å². The van der Waals surface area contributed by atoms with E-state index in [0.29, 0.717) is 12.1 Å². The van der Waals surface area contributed by atoms with Crippen LogP contribution in [0.4, 0.5) is 5.69 Å². The van der Waals surface area contributed by atoms with Gasteiger partial charge in [-0.3, -0.25) is 4.79 Å². The fourth-order valence-corrected chi connectivity index (χ4v) is 4.45. The predicted molar refractivity (Wildman–Crippen MR) is 139 cm³/mol. The maximum atomic E-state index is 11.6. The van der Waals surface area contributed by atoms with E-state index in [0.717, 1.165) is 52.1 Å². The number of benzene rings is 3. The van der Waals surface area contributed by atoms with Crippen molar-refractivity contribution in [2.24, 2.45) is 5.73 Å². The average molecular weight is 471 g/mol. The summed E-state index contributed by atoms with van der Waals surface area (Å²) < 4.78 is 2.23. The third-order valence-corrected chi connectivity index (χ3v) is 6.18. The van der Waals surface area contributed by atoms with Gasteiger partial charge in [-0.05, 0) is 53.8 Å². The molecule has 0 fully saturated rings. The number of imidazole rings is 1. The number of primary amides is 1. The number of aryl methyl sites for hydroxylation is 2. The largest absolute Gasteiger partial charge is 0.478 e. The van der Waals surface area contributed by atoms with Gasteiger partial charge in [0.1, 0.15) is 5.82 Å². The van der Waals surface area contributed by atoms with Crippen molar-refractivity contribution in [2.75, 3.05) is 18.5 Å². The summed E-state index contributed by atoms with van der Waals surface area (Å²) in [5, 5.41) is 9.53. The Bertz CT molecular complexity index is 1390. The highest BCUT2D eigenvalue weighted by atomic mass is 16.4. The normalized spacial score (nSPS) is 11.1. The number of carbonyl (C=O) groups excluding carboxylic acids is 1. The zero-order valence-corrected chi connectivity index (χ0v) is 20.3. The first-order valence-corrected chi connectivity index (χ1v) is 11.7. The van der Waals surface area contributed by atoms with Gasteiger partial charge in [0, 0.05) is 25.7 Å². The molecule has 1 aromatic heterocycles. The van der Waals surface area contributed by atoms with Crippen molar-refractivity contribution in [3.63, 3.8) is 0 Å². The number of nitrogens with two attached hydrogens (primary N) is 1. The molecule has 0 spiro atoms. The first-order valence-electron chi connectivity index (χ1n) is 11.7. The Labute approximate surface area is 204 Å². The molecule has 0 bridgehead atoms. The number of amides is 1. The van der Waals surface area contributed by atoms with Crippen molar-refractivity contribution in [3.05, 3.63) is 83.2 Å². The maximum absolute atomic E-state index is 11.6. The molecule has 1 amide bonds. The van der Waals surface area contributed by atoms with Crippen LogP contribution in [0.15, 0.2) is 60.7 Å². The van der Waals surface area contributed by atoms with E-state index in [1.165, 1.54) is 0 Å². The summed E-state index contributed by atoms with van der Waals surface area (Å²) in [6.45, 7) is 4.94. The molecule has 4 aromatic rings. The summed E-state index contributed by atoms with van der Waals surface area (Å²) >= 11 is 0. The number of anilines is 1. The molecule has 1 heterocycles. The van der Waals surface area contributed by atoms with Crippen LogP contribution < -0.4 is 10.6 Å². The van der Waals surface area contributed by atoms with Gasteiger partial charge >= 0.3 is 5.97 Å². The van der Waals surface area contributed by atoms with E-state index < -0.39 is 5.97 Å². The second kappa shape index (κ2) is 10.0. The average Bonchev–Trinajstić information content (AvgIpc) is 3.17. The molecule has 7 nitrogen and oxygen atoms in total. The van der Waals surface area contributed by atoms with Crippen LogP contribution in [0.25, 0.3) is 22.2 Å². The number of aromatic carboxylic acids is 1. The van der Waals surface area contributed by atoms with Crippen LogP contribution >= 0.6 is 0 Å². The minimum Gasteiger partial charge on any atom is -0.478 e. The first kappa shape index (κ1) is 24.0. The summed E-state index contributed by atoms with van der Waals surface area (Å²) in [4.78, 5) is 29.9. The Morgan fingerprint density at radius 3 is 2.46 bits per heavy atom. The van der Waals surface area contributed by atoms with E-state index >= 15 is 0 Å². The van der Waals surface area contributed by atoms with Gasteiger partial charge in [-0.2, -0.15) is 0 Å². The van der Waals surface area contributed by atoms with Crippen LogP contribution in [-0.4, -0.2) is 40.1 Å². The Morgan fingerprint density at radius 1 is 1.09 bits per heavy atom. The van der Waals surface area contributed by atoms with E-state index in [1.807, 2.05) is 61.3 Å². The summed E-state index contributed by atoms with van der Waals surface area (Å²) in [6.07, 6.45) is 1.83. The Kier molecular flexibility index (Phi) is 6.87. The molecule has 0 radical (unpaired) electrons. The van der Waals surface area contributed by atoms with Crippen molar-refractivity contribution < 1.29 is 14.7 Å². The van der Waals surface area contributed by atoms with Crippen molar-refractivity contribution in [1.82, 2.24) is 9.55 Å². The highest BCUT2D eigenvalue weighted by Gasteiger charge is 2.16. The molecule has 0 saturated heterocycles. The summed E-state index contributed by atoms with van der Waals surface area (Å²) in [6, 6.07) is 19.1. The van der Waals surface area contributed by atoms with E-state index in [9.17, 15) is 14.7 Å². The number of carbonyl (C=O) groups is 2. The number of carboxylic acid groups (broad SMARTS) is 1. The van der Waals surface area contributed by atoms with E-state index in [1.54, 1.807) is 12.1 Å². The molecular formula is C28H30N4O3. The second-order valence-corrected chi connectivity index (χ2v) is 8.86. The quantitative estimate of drug-likeness (QED) is 0.371. The number of hydrogen-bond acceptors (Lipinski definition) is 4. The van der Waals surface area contributed by atoms with Crippen LogP contribution in [0, 0.1) is 6.92 Å². The molecule has 3 aromatic carbocycles. The third kappa shape index (κ3) is 5.04. The van der Waals surface area contributed by atoms with Gasteiger partial charge in [-0.1, -0.05) is 49.4 Å². The molecule has 180 valence electrons. The smallest absolute Gasteiger partial charge is 0.336 e. The molecule has 0 saturated carbocycles. The molecule has 3 N–H and O–H groups in total.